The summed E-state index contributed by atoms with van der Waals surface area (Å²) in [6.07, 6.45) is 6.24. The van der Waals surface area contributed by atoms with Crippen molar-refractivity contribution in [3.8, 4) is 11.5 Å². The minimum absolute atomic E-state index is 0.181. The Morgan fingerprint density at radius 3 is 1.77 bits per heavy atom. The molecule has 0 saturated carbocycles. The number of nitrogens with one attached hydrogen (secondary N) is 2. The number of benzene rings is 2. The lowest BCUT2D eigenvalue weighted by Crippen LogP contribution is -2.17. The predicted molar refractivity (Wildman–Crippen MR) is 152 cm³/mol. The van der Waals surface area contributed by atoms with Gasteiger partial charge in [0.15, 0.2) is 0 Å². The Hall–Kier alpha value is -3.66. The summed E-state index contributed by atoms with van der Waals surface area (Å²) >= 11 is 0. The summed E-state index contributed by atoms with van der Waals surface area (Å²) in [5.41, 5.74) is 4.08. The van der Waals surface area contributed by atoms with Gasteiger partial charge in [0.2, 0.25) is 0 Å². The van der Waals surface area contributed by atoms with Crippen LogP contribution in [0.4, 0.5) is 0 Å². The summed E-state index contributed by atoms with van der Waals surface area (Å²) in [6, 6.07) is 11.3. The second-order valence-corrected chi connectivity index (χ2v) is 10.2. The fourth-order valence-corrected chi connectivity index (χ4v) is 4.49. The highest BCUT2D eigenvalue weighted by Gasteiger charge is 2.15. The van der Waals surface area contributed by atoms with Crippen LogP contribution < -0.4 is 9.47 Å². The van der Waals surface area contributed by atoms with Gasteiger partial charge in [-0.15, -0.1) is 0 Å². The molecule has 0 atom stereocenters. The number of hydrogen-bond donors (Lipinski definition) is 2. The molecule has 39 heavy (non-hydrogen) atoms. The summed E-state index contributed by atoms with van der Waals surface area (Å²) in [4.78, 5) is 35.7. The molecule has 0 spiro atoms. The minimum atomic E-state index is -0.478. The third-order valence-corrected chi connectivity index (χ3v) is 6.49. The molecule has 4 aromatic rings. The Morgan fingerprint density at radius 1 is 0.744 bits per heavy atom. The largest absolute Gasteiger partial charge is 0.426 e. The van der Waals surface area contributed by atoms with Gasteiger partial charge >= 0.3 is 11.9 Å². The van der Waals surface area contributed by atoms with Gasteiger partial charge in [-0.05, 0) is 82.8 Å². The van der Waals surface area contributed by atoms with E-state index in [4.69, 9.17) is 14.2 Å². The van der Waals surface area contributed by atoms with Crippen LogP contribution in [0.2, 0.25) is 0 Å². The van der Waals surface area contributed by atoms with Crippen molar-refractivity contribution >= 4 is 33.7 Å². The van der Waals surface area contributed by atoms with E-state index in [9.17, 15) is 9.59 Å². The second kappa shape index (κ2) is 13.4. The first kappa shape index (κ1) is 28.4. The number of carbonyl (C=O) groups excluding carboxylic acids is 2. The predicted octanol–water partition coefficient (Wildman–Crippen LogP) is 4.17. The molecule has 0 saturated heterocycles. The summed E-state index contributed by atoms with van der Waals surface area (Å²) in [5, 5.41) is 1.85. The van der Waals surface area contributed by atoms with Crippen LogP contribution in [0.3, 0.4) is 0 Å². The molecule has 208 valence electrons. The molecule has 4 rings (SSSR count). The number of H-pyrrole nitrogens is 2. The van der Waals surface area contributed by atoms with E-state index in [1.54, 1.807) is 6.07 Å². The fraction of sp³-hybridized carbons (Fsp3) is 0.400. The Balaban J connectivity index is 1.23. The zero-order chi connectivity index (χ0) is 27.8. The molecule has 0 aliphatic carbocycles. The molecule has 0 unspecified atom stereocenters. The fourth-order valence-electron chi connectivity index (χ4n) is 4.49. The van der Waals surface area contributed by atoms with Crippen LogP contribution >= 0.6 is 0 Å². The number of esters is 2. The van der Waals surface area contributed by atoms with Crippen molar-refractivity contribution in [2.45, 2.75) is 25.7 Å². The molecular formula is C30H38N4O5. The number of likely N-dealkylation sites (N-methyl/N-ethyl adjacent to an activating group) is 2. The number of rotatable bonds is 14. The molecular weight excluding hydrogens is 496 g/mol. The molecule has 0 aliphatic heterocycles. The zero-order valence-electron chi connectivity index (χ0n) is 23.2. The van der Waals surface area contributed by atoms with Crippen LogP contribution in [0.25, 0.3) is 21.8 Å². The van der Waals surface area contributed by atoms with Gasteiger partial charge in [-0.25, -0.2) is 4.79 Å². The first-order valence-electron chi connectivity index (χ1n) is 13.3. The SMILES string of the molecule is CN(C)CCc1c[nH]c2cccc(OC(=O)CCCOCC(=O)Oc3cccc4[nH]cc(CCN(C)C)c34)c12. The summed E-state index contributed by atoms with van der Waals surface area (Å²) < 4.78 is 16.8. The Labute approximate surface area is 229 Å². The van der Waals surface area contributed by atoms with Crippen molar-refractivity contribution in [3.05, 3.63) is 59.9 Å². The smallest absolute Gasteiger partial charge is 0.337 e. The highest BCUT2D eigenvalue weighted by Crippen LogP contribution is 2.30. The molecule has 0 bridgehead atoms. The molecule has 0 aliphatic rings. The van der Waals surface area contributed by atoms with Crippen LogP contribution in [0.15, 0.2) is 48.8 Å². The number of aromatic nitrogens is 2. The number of aromatic amines is 2. The van der Waals surface area contributed by atoms with Crippen molar-refractivity contribution in [1.82, 2.24) is 19.8 Å². The molecule has 9 heteroatoms. The van der Waals surface area contributed by atoms with E-state index in [1.165, 1.54) is 0 Å². The Bertz CT molecular complexity index is 1300. The average molecular weight is 535 g/mol. The van der Waals surface area contributed by atoms with E-state index in [-0.39, 0.29) is 25.6 Å². The molecule has 9 nitrogen and oxygen atoms in total. The van der Waals surface area contributed by atoms with Crippen LogP contribution in [-0.2, 0) is 27.2 Å². The number of nitrogens with zero attached hydrogens (tertiary/aromatic N) is 2. The Kier molecular flexibility index (Phi) is 9.75. The average Bonchev–Trinajstić information content (AvgIpc) is 3.51. The van der Waals surface area contributed by atoms with Gasteiger partial charge in [0, 0.05) is 60.3 Å². The number of carbonyl (C=O) groups is 2. The maximum atomic E-state index is 12.5. The highest BCUT2D eigenvalue weighted by molar-refractivity contribution is 5.92. The van der Waals surface area contributed by atoms with Crippen LogP contribution in [0.1, 0.15) is 24.0 Å². The highest BCUT2D eigenvalue weighted by atomic mass is 16.6. The standard InChI is InChI=1S/C30H38N4O5/c1-33(2)15-13-21-18-31-23-8-5-10-25(29(21)23)38-27(35)12-7-17-37-20-28(36)39-26-11-6-9-24-30(26)22(19-32-24)14-16-34(3)4/h5-6,8-11,18-19,31-32H,7,12-17,20H2,1-4H3. The normalized spacial score (nSPS) is 11.6. The molecule has 2 aromatic carbocycles. The lowest BCUT2D eigenvalue weighted by Gasteiger charge is -2.11. The first-order valence-corrected chi connectivity index (χ1v) is 13.3. The maximum absolute atomic E-state index is 12.5. The van der Waals surface area contributed by atoms with E-state index in [1.807, 2.05) is 70.9 Å². The van der Waals surface area contributed by atoms with Crippen molar-refractivity contribution in [3.63, 3.8) is 0 Å². The van der Waals surface area contributed by atoms with Crippen molar-refractivity contribution in [2.75, 3.05) is 54.5 Å². The molecule has 2 aromatic heterocycles. The van der Waals surface area contributed by atoms with E-state index in [0.29, 0.717) is 17.9 Å². The van der Waals surface area contributed by atoms with Crippen LogP contribution in [0, 0.1) is 0 Å². The van der Waals surface area contributed by atoms with E-state index in [0.717, 1.165) is 58.9 Å². The number of ether oxygens (including phenoxy) is 3. The van der Waals surface area contributed by atoms with Crippen molar-refractivity contribution in [1.29, 1.82) is 0 Å². The molecule has 0 amide bonds. The molecule has 2 N–H and O–H groups in total. The molecule has 0 radical (unpaired) electrons. The quantitative estimate of drug-likeness (QED) is 0.142. The molecule has 0 fully saturated rings. The summed E-state index contributed by atoms with van der Waals surface area (Å²) in [7, 11) is 8.11. The van der Waals surface area contributed by atoms with Gasteiger partial charge in [0.1, 0.15) is 18.1 Å². The summed E-state index contributed by atoms with van der Waals surface area (Å²) in [5.74, 6) is 0.261. The monoisotopic (exact) mass is 534 g/mol. The van der Waals surface area contributed by atoms with Crippen LogP contribution in [0.5, 0.6) is 11.5 Å². The number of hydrogen-bond acceptors (Lipinski definition) is 7. The lowest BCUT2D eigenvalue weighted by molar-refractivity contribution is -0.139. The van der Waals surface area contributed by atoms with Crippen molar-refractivity contribution < 1.29 is 23.8 Å². The third kappa shape index (κ3) is 7.69. The van der Waals surface area contributed by atoms with Gasteiger partial charge in [0.25, 0.3) is 0 Å². The van der Waals surface area contributed by atoms with E-state index >= 15 is 0 Å². The summed E-state index contributed by atoms with van der Waals surface area (Å²) in [6.45, 7) is 1.83. The minimum Gasteiger partial charge on any atom is -0.426 e. The maximum Gasteiger partial charge on any atom is 0.337 e. The van der Waals surface area contributed by atoms with Gasteiger partial charge in [-0.3, -0.25) is 4.79 Å². The van der Waals surface area contributed by atoms with Crippen molar-refractivity contribution in [2.24, 2.45) is 0 Å². The van der Waals surface area contributed by atoms with E-state index < -0.39 is 5.97 Å². The second-order valence-electron chi connectivity index (χ2n) is 10.2. The van der Waals surface area contributed by atoms with Gasteiger partial charge in [-0.2, -0.15) is 0 Å². The topological polar surface area (TPSA) is 99.9 Å². The zero-order valence-corrected chi connectivity index (χ0v) is 23.2. The van der Waals surface area contributed by atoms with Crippen LogP contribution in [-0.4, -0.2) is 86.2 Å². The van der Waals surface area contributed by atoms with E-state index in [2.05, 4.69) is 19.8 Å². The van der Waals surface area contributed by atoms with Gasteiger partial charge in [-0.1, -0.05) is 12.1 Å². The number of fused-ring (bicyclic) bond motifs is 2. The Morgan fingerprint density at radius 2 is 1.26 bits per heavy atom. The third-order valence-electron chi connectivity index (χ3n) is 6.49. The van der Waals surface area contributed by atoms with Gasteiger partial charge in [0.05, 0.1) is 0 Å². The first-order chi connectivity index (χ1) is 18.8. The lowest BCUT2D eigenvalue weighted by atomic mass is 10.1. The van der Waals surface area contributed by atoms with Gasteiger partial charge < -0.3 is 34.0 Å². The molecule has 2 heterocycles.